The monoisotopic (exact) mass is 555 g/mol. The van der Waals surface area contributed by atoms with Crippen LogP contribution in [0.2, 0.25) is 0 Å². The van der Waals surface area contributed by atoms with Gasteiger partial charge in [-0.15, -0.1) is 0 Å². The first kappa shape index (κ1) is 22.3. The number of benzene rings is 6. The molecule has 0 aliphatic heterocycles. The predicted octanol–water partition coefficient (Wildman–Crippen LogP) is 10.4. The Kier molecular flexibility index (Phi) is 4.30. The van der Waals surface area contributed by atoms with Crippen LogP contribution >= 0.6 is 11.3 Å². The minimum absolute atomic E-state index is 0.872. The van der Waals surface area contributed by atoms with Crippen LogP contribution < -0.4 is 0 Å². The second-order valence-electron chi connectivity index (χ2n) is 10.8. The lowest BCUT2D eigenvalue weighted by molar-refractivity contribution is 0.669. The van der Waals surface area contributed by atoms with Crippen molar-refractivity contribution in [3.8, 4) is 10.8 Å². The molecule has 0 aliphatic rings. The molecule has 10 rings (SSSR count). The van der Waals surface area contributed by atoms with E-state index in [0.717, 1.165) is 54.0 Å². The highest BCUT2D eigenvalue weighted by Crippen LogP contribution is 2.41. The Labute approximate surface area is 243 Å². The first-order valence-corrected chi connectivity index (χ1v) is 14.9. The first-order chi connectivity index (χ1) is 20.8. The first-order valence-electron chi connectivity index (χ1n) is 14.1. The summed E-state index contributed by atoms with van der Waals surface area (Å²) in [6.45, 7) is 0. The van der Waals surface area contributed by atoms with Gasteiger partial charge in [0, 0.05) is 32.6 Å². The van der Waals surface area contributed by atoms with Crippen molar-refractivity contribution in [1.82, 2.24) is 14.1 Å². The van der Waals surface area contributed by atoms with Crippen molar-refractivity contribution in [3.05, 3.63) is 127 Å². The molecule has 4 aromatic heterocycles. The number of thiazole rings is 1. The van der Waals surface area contributed by atoms with Gasteiger partial charge in [-0.3, -0.25) is 4.57 Å². The number of fused-ring (bicyclic) bond motifs is 11. The van der Waals surface area contributed by atoms with Crippen molar-refractivity contribution in [3.63, 3.8) is 0 Å². The number of rotatable bonds is 2. The molecule has 4 heterocycles. The number of furan rings is 1. The zero-order valence-corrected chi connectivity index (χ0v) is 23.1. The summed E-state index contributed by atoms with van der Waals surface area (Å²) in [5.41, 5.74) is 8.58. The second-order valence-corrected chi connectivity index (χ2v) is 11.8. The quantitative estimate of drug-likeness (QED) is 0.213. The minimum atomic E-state index is 0.872. The third-order valence-electron chi connectivity index (χ3n) is 8.57. The molecule has 5 heteroatoms. The molecule has 0 unspecified atom stereocenters. The molecule has 42 heavy (non-hydrogen) atoms. The third kappa shape index (κ3) is 2.88. The number of aromatic nitrogens is 3. The van der Waals surface area contributed by atoms with Crippen molar-refractivity contribution in [2.75, 3.05) is 0 Å². The third-order valence-corrected chi connectivity index (χ3v) is 9.58. The van der Waals surface area contributed by atoms with E-state index >= 15 is 0 Å². The Balaban J connectivity index is 1.30. The van der Waals surface area contributed by atoms with Gasteiger partial charge >= 0.3 is 0 Å². The van der Waals surface area contributed by atoms with Crippen LogP contribution in [0.1, 0.15) is 0 Å². The zero-order valence-electron chi connectivity index (χ0n) is 22.3. The topological polar surface area (TPSA) is 35.9 Å². The Hall–Kier alpha value is -5.39. The van der Waals surface area contributed by atoms with E-state index in [2.05, 4.69) is 124 Å². The van der Waals surface area contributed by atoms with E-state index in [1.807, 2.05) is 12.1 Å². The summed E-state index contributed by atoms with van der Waals surface area (Å²) in [5.74, 6) is 0. The second kappa shape index (κ2) is 8.09. The molecule has 0 saturated heterocycles. The van der Waals surface area contributed by atoms with E-state index in [-0.39, 0.29) is 0 Å². The lowest BCUT2D eigenvalue weighted by atomic mass is 10.1. The van der Waals surface area contributed by atoms with Crippen molar-refractivity contribution in [1.29, 1.82) is 0 Å². The molecule has 0 spiro atoms. The Bertz CT molecular complexity index is 2650. The van der Waals surface area contributed by atoms with Crippen LogP contribution in [0.4, 0.5) is 0 Å². The van der Waals surface area contributed by atoms with Crippen LogP contribution in [0.5, 0.6) is 0 Å². The number of nitrogens with zero attached hydrogens (tertiary/aromatic N) is 3. The maximum atomic E-state index is 6.18. The summed E-state index contributed by atoms with van der Waals surface area (Å²) in [6.07, 6.45) is 0. The van der Waals surface area contributed by atoms with E-state index in [9.17, 15) is 0 Å². The van der Waals surface area contributed by atoms with Crippen LogP contribution in [-0.2, 0) is 0 Å². The van der Waals surface area contributed by atoms with Gasteiger partial charge in [0.2, 0.25) is 0 Å². The summed E-state index contributed by atoms with van der Waals surface area (Å²) in [7, 11) is 0. The molecule has 196 valence electrons. The van der Waals surface area contributed by atoms with Crippen LogP contribution in [0, 0.1) is 0 Å². The summed E-state index contributed by atoms with van der Waals surface area (Å²) in [6, 6.07) is 45.2. The molecular formula is C37H21N3OS. The van der Waals surface area contributed by atoms with Crippen molar-refractivity contribution in [2.24, 2.45) is 0 Å². The molecule has 6 aromatic carbocycles. The largest absolute Gasteiger partial charge is 0.456 e. The molecule has 0 atom stereocenters. The summed E-state index contributed by atoms with van der Waals surface area (Å²) < 4.78 is 12.0. The van der Waals surface area contributed by atoms with Crippen LogP contribution in [0.15, 0.2) is 132 Å². The fourth-order valence-electron chi connectivity index (χ4n) is 6.79. The Morgan fingerprint density at radius 2 is 1.10 bits per heavy atom. The minimum Gasteiger partial charge on any atom is -0.456 e. The number of para-hydroxylation sites is 4. The highest BCUT2D eigenvalue weighted by atomic mass is 32.1. The molecule has 0 fully saturated rings. The smallest absolute Gasteiger partial charge is 0.195 e. The fraction of sp³-hybridized carbons (Fsp3) is 0. The molecular weight excluding hydrogens is 534 g/mol. The highest BCUT2D eigenvalue weighted by molar-refractivity contribution is 7.21. The molecule has 0 radical (unpaired) electrons. The summed E-state index contributed by atoms with van der Waals surface area (Å²) >= 11 is 1.72. The van der Waals surface area contributed by atoms with Crippen LogP contribution in [0.3, 0.4) is 0 Å². The van der Waals surface area contributed by atoms with E-state index < -0.39 is 0 Å². The lowest BCUT2D eigenvalue weighted by Crippen LogP contribution is -1.96. The average Bonchev–Trinajstić information content (AvgIpc) is 3.79. The fourth-order valence-corrected chi connectivity index (χ4v) is 7.79. The van der Waals surface area contributed by atoms with Gasteiger partial charge < -0.3 is 8.98 Å². The Morgan fingerprint density at radius 1 is 0.500 bits per heavy atom. The van der Waals surface area contributed by atoms with Crippen molar-refractivity contribution >= 4 is 87.1 Å². The van der Waals surface area contributed by atoms with Gasteiger partial charge in [-0.1, -0.05) is 90.2 Å². The summed E-state index contributed by atoms with van der Waals surface area (Å²) in [4.78, 5) is 5.31. The van der Waals surface area contributed by atoms with E-state index in [1.54, 1.807) is 11.3 Å². The number of hydrogen-bond donors (Lipinski definition) is 0. The van der Waals surface area contributed by atoms with Crippen LogP contribution in [0.25, 0.3) is 86.6 Å². The summed E-state index contributed by atoms with van der Waals surface area (Å²) in [5, 5.41) is 8.09. The van der Waals surface area contributed by atoms with Crippen molar-refractivity contribution < 1.29 is 4.42 Å². The molecule has 0 N–H and O–H groups in total. The molecule has 0 amide bonds. The molecule has 0 aliphatic carbocycles. The lowest BCUT2D eigenvalue weighted by Gasteiger charge is -2.09. The van der Waals surface area contributed by atoms with Gasteiger partial charge in [0.25, 0.3) is 0 Å². The zero-order chi connectivity index (χ0) is 27.4. The molecule has 10 aromatic rings. The maximum absolute atomic E-state index is 6.18. The molecule has 0 saturated carbocycles. The van der Waals surface area contributed by atoms with Gasteiger partial charge in [0.1, 0.15) is 11.2 Å². The molecule has 0 bridgehead atoms. The standard InChI is InChI=1S/C37H21N3OS/c1-5-13-28-23(9-1)24-10-2-6-14-29(24)39(28)22-17-18-26-25-11-3-7-15-30(25)40(31(26)21-22)37-38-36-34(42-37)20-19-33-35(36)27-12-4-8-16-32(27)41-33/h1-21H. The highest BCUT2D eigenvalue weighted by Gasteiger charge is 2.20. The van der Waals surface area contributed by atoms with Crippen LogP contribution in [-0.4, -0.2) is 14.1 Å². The maximum Gasteiger partial charge on any atom is 0.195 e. The number of hydrogen-bond acceptors (Lipinski definition) is 3. The van der Waals surface area contributed by atoms with E-state index in [1.165, 1.54) is 32.6 Å². The van der Waals surface area contributed by atoms with Gasteiger partial charge in [0.05, 0.1) is 37.7 Å². The predicted molar refractivity (Wildman–Crippen MR) is 176 cm³/mol. The van der Waals surface area contributed by atoms with E-state index in [0.29, 0.717) is 0 Å². The van der Waals surface area contributed by atoms with E-state index in [4.69, 9.17) is 9.40 Å². The van der Waals surface area contributed by atoms with Gasteiger partial charge in [-0.05, 0) is 48.5 Å². The van der Waals surface area contributed by atoms with Gasteiger partial charge in [-0.25, -0.2) is 4.98 Å². The average molecular weight is 556 g/mol. The van der Waals surface area contributed by atoms with Gasteiger partial charge in [-0.2, -0.15) is 0 Å². The van der Waals surface area contributed by atoms with Crippen molar-refractivity contribution in [2.45, 2.75) is 0 Å². The Morgan fingerprint density at radius 3 is 1.81 bits per heavy atom. The normalized spacial score (nSPS) is 12.3. The molecule has 4 nitrogen and oxygen atoms in total. The van der Waals surface area contributed by atoms with Gasteiger partial charge in [0.15, 0.2) is 5.13 Å². The SMILES string of the molecule is c1ccc2c(c1)oc1ccc3sc(-n4c5ccccc5c5ccc(-n6c7ccccc7c7ccccc76)cc54)nc3c12.